The number of rotatable bonds is 6. The van der Waals surface area contributed by atoms with Gasteiger partial charge in [0.05, 0.1) is 0 Å². The molecule has 0 aliphatic heterocycles. The van der Waals surface area contributed by atoms with Crippen LogP contribution in [0.25, 0.3) is 12.2 Å². The van der Waals surface area contributed by atoms with Crippen molar-refractivity contribution in [3.05, 3.63) is 141 Å². The molecule has 0 atom stereocenters. The number of hydrogen-bond donors (Lipinski definition) is 0. The average Bonchev–Trinajstić information content (AvgIpc) is 2.82. The van der Waals surface area contributed by atoms with Crippen molar-refractivity contribution < 1.29 is 0 Å². The summed E-state index contributed by atoms with van der Waals surface area (Å²) in [5.41, 5.74) is 2.49. The van der Waals surface area contributed by atoms with E-state index in [4.69, 9.17) is 0 Å². The minimum atomic E-state index is -3.25. The van der Waals surface area contributed by atoms with Gasteiger partial charge in [0.2, 0.25) is 0 Å². The minimum absolute atomic E-state index is 1.24. The van der Waals surface area contributed by atoms with Crippen LogP contribution in [-0.2, 0) is 0 Å². The average molecular weight is 479 g/mol. The zero-order chi connectivity index (χ0) is 19.8. The van der Waals surface area contributed by atoms with Gasteiger partial charge in [-0.15, -0.1) is 0 Å². The van der Waals surface area contributed by atoms with Crippen molar-refractivity contribution in [2.24, 2.45) is 0 Å². The molecule has 0 aromatic heterocycles. The molecule has 0 bridgehead atoms. The zero-order valence-corrected chi connectivity index (χ0v) is 19.2. The Bertz CT molecular complexity index is 975. The molecule has 0 amide bonds. The molecular weight excluding hydrogens is 455 g/mol. The van der Waals surface area contributed by atoms with Gasteiger partial charge in [0.1, 0.15) is 0 Å². The molecule has 1 heteroatoms. The SMILES string of the molecule is C(=[CH][Sn]([CH]=Cc1ccccc1)([c]1ccccc1)[c]1ccccc1)c1ccccc1. The molecule has 0 spiro atoms. The van der Waals surface area contributed by atoms with E-state index in [-0.39, 0.29) is 0 Å². The quantitative estimate of drug-likeness (QED) is 0.309. The standard InChI is InChI=1S/2C8H7.2C6H5.Sn/c2*1-2-8-6-4-3-5-7-8;2*1-2-4-6-5-3-1;/h2*1-7H;2*1-5H;. The summed E-state index contributed by atoms with van der Waals surface area (Å²) in [6, 6.07) is 43.3. The van der Waals surface area contributed by atoms with Gasteiger partial charge in [-0.05, 0) is 0 Å². The van der Waals surface area contributed by atoms with Gasteiger partial charge in [-0.2, -0.15) is 0 Å². The molecule has 0 fully saturated rings. The van der Waals surface area contributed by atoms with Crippen molar-refractivity contribution in [3.8, 4) is 0 Å². The Morgan fingerprint density at radius 2 is 0.690 bits per heavy atom. The molecule has 0 N–H and O–H groups in total. The van der Waals surface area contributed by atoms with Gasteiger partial charge >= 0.3 is 178 Å². The van der Waals surface area contributed by atoms with Gasteiger partial charge in [-0.3, -0.25) is 0 Å². The van der Waals surface area contributed by atoms with Crippen molar-refractivity contribution in [2.45, 2.75) is 0 Å². The molecule has 0 saturated heterocycles. The maximum atomic E-state index is 2.52. The van der Waals surface area contributed by atoms with Crippen LogP contribution in [0.5, 0.6) is 0 Å². The Morgan fingerprint density at radius 1 is 0.379 bits per heavy atom. The zero-order valence-electron chi connectivity index (χ0n) is 16.4. The van der Waals surface area contributed by atoms with Crippen molar-refractivity contribution in [1.29, 1.82) is 0 Å². The Balaban J connectivity index is 1.90. The van der Waals surface area contributed by atoms with Gasteiger partial charge in [0.15, 0.2) is 0 Å². The molecule has 0 aliphatic carbocycles. The van der Waals surface area contributed by atoms with Crippen LogP contribution in [0.3, 0.4) is 0 Å². The van der Waals surface area contributed by atoms with E-state index >= 15 is 0 Å². The molecule has 4 rings (SSSR count). The normalized spacial score (nSPS) is 11.9. The Hall–Kier alpha value is -2.84. The molecule has 0 heterocycles. The molecule has 0 saturated carbocycles. The fourth-order valence-electron chi connectivity index (χ4n) is 3.62. The van der Waals surface area contributed by atoms with E-state index in [1.165, 1.54) is 18.3 Å². The first-order valence-electron chi connectivity index (χ1n) is 9.96. The van der Waals surface area contributed by atoms with Gasteiger partial charge in [0, 0.05) is 0 Å². The van der Waals surface area contributed by atoms with E-state index in [1.54, 1.807) is 0 Å². The van der Waals surface area contributed by atoms with E-state index in [2.05, 4.69) is 142 Å². The van der Waals surface area contributed by atoms with E-state index < -0.39 is 18.4 Å². The monoisotopic (exact) mass is 480 g/mol. The van der Waals surface area contributed by atoms with Crippen molar-refractivity contribution in [3.63, 3.8) is 0 Å². The third kappa shape index (κ3) is 4.77. The van der Waals surface area contributed by atoms with E-state index in [9.17, 15) is 0 Å². The summed E-state index contributed by atoms with van der Waals surface area (Å²) in [7, 11) is 0. The molecule has 4 aromatic carbocycles. The van der Waals surface area contributed by atoms with Crippen LogP contribution in [-0.4, -0.2) is 18.4 Å². The first kappa shape index (κ1) is 19.5. The molecule has 0 radical (unpaired) electrons. The van der Waals surface area contributed by atoms with Crippen LogP contribution in [0.15, 0.2) is 130 Å². The Kier molecular flexibility index (Phi) is 6.43. The predicted molar refractivity (Wildman–Crippen MR) is 129 cm³/mol. The summed E-state index contributed by atoms with van der Waals surface area (Å²) in [5.74, 6) is 0. The molecule has 4 aromatic rings. The van der Waals surface area contributed by atoms with E-state index in [1.807, 2.05) is 0 Å². The van der Waals surface area contributed by atoms with Gasteiger partial charge in [0.25, 0.3) is 0 Å². The summed E-state index contributed by atoms with van der Waals surface area (Å²) < 4.78 is 7.95. The summed E-state index contributed by atoms with van der Waals surface area (Å²) in [6.45, 7) is 0. The third-order valence-electron chi connectivity index (χ3n) is 5.18. The first-order chi connectivity index (χ1) is 14.4. The van der Waals surface area contributed by atoms with Crippen LogP contribution >= 0.6 is 0 Å². The molecule has 0 unspecified atom stereocenters. The Morgan fingerprint density at radius 3 is 1.03 bits per heavy atom. The van der Waals surface area contributed by atoms with Crippen LogP contribution < -0.4 is 7.16 Å². The fourth-order valence-corrected chi connectivity index (χ4v) is 13.9. The third-order valence-corrected chi connectivity index (χ3v) is 16.5. The van der Waals surface area contributed by atoms with Gasteiger partial charge in [-0.25, -0.2) is 0 Å². The van der Waals surface area contributed by atoms with Crippen molar-refractivity contribution in [2.75, 3.05) is 0 Å². The molecule has 0 nitrogen and oxygen atoms in total. The van der Waals surface area contributed by atoms with Crippen molar-refractivity contribution >= 4 is 37.7 Å². The predicted octanol–water partition coefficient (Wildman–Crippen LogP) is 5.75. The maximum absolute atomic E-state index is 3.25. The summed E-state index contributed by atoms with van der Waals surface area (Å²) in [6.07, 6.45) is 4.62. The summed E-state index contributed by atoms with van der Waals surface area (Å²) in [4.78, 5) is 0. The molecule has 140 valence electrons. The van der Waals surface area contributed by atoms with Gasteiger partial charge in [-0.1, -0.05) is 0 Å². The van der Waals surface area contributed by atoms with Crippen LogP contribution in [0, 0.1) is 0 Å². The second kappa shape index (κ2) is 9.58. The first-order valence-corrected chi connectivity index (χ1v) is 16.1. The van der Waals surface area contributed by atoms with Crippen LogP contribution in [0.4, 0.5) is 0 Å². The van der Waals surface area contributed by atoms with Crippen LogP contribution in [0.1, 0.15) is 11.1 Å². The second-order valence-electron chi connectivity index (χ2n) is 7.09. The number of benzene rings is 4. The summed E-state index contributed by atoms with van der Waals surface area (Å²) >= 11 is -3.25. The van der Waals surface area contributed by atoms with E-state index in [0.717, 1.165) is 0 Å². The fraction of sp³-hybridized carbons (Fsp3) is 0. The molecule has 0 aliphatic rings. The van der Waals surface area contributed by atoms with E-state index in [0.29, 0.717) is 0 Å². The Labute approximate surface area is 177 Å². The topological polar surface area (TPSA) is 0 Å². The number of hydrogen-bond acceptors (Lipinski definition) is 0. The molecule has 29 heavy (non-hydrogen) atoms. The second-order valence-corrected chi connectivity index (χ2v) is 17.2. The molecular formula is C28H24Sn. The van der Waals surface area contributed by atoms with Crippen molar-refractivity contribution in [1.82, 2.24) is 0 Å². The van der Waals surface area contributed by atoms with Crippen LogP contribution in [0.2, 0.25) is 0 Å². The van der Waals surface area contributed by atoms with Gasteiger partial charge < -0.3 is 0 Å². The summed E-state index contributed by atoms with van der Waals surface area (Å²) in [5, 5.41) is 0.